The van der Waals surface area contributed by atoms with E-state index in [9.17, 15) is 9.59 Å². The predicted molar refractivity (Wildman–Crippen MR) is 133 cm³/mol. The summed E-state index contributed by atoms with van der Waals surface area (Å²) in [7, 11) is 3.94. The molecule has 2 N–H and O–H groups in total. The molecule has 0 radical (unpaired) electrons. The highest BCUT2D eigenvalue weighted by molar-refractivity contribution is 5.89. The maximum Gasteiger partial charge on any atom is 0.262 e. The first-order chi connectivity index (χ1) is 15.8. The number of carbonyl (C=O) groups excluding carboxylic acids is 2. The molecule has 0 unspecified atom stereocenters. The van der Waals surface area contributed by atoms with Crippen LogP contribution in [0, 0.1) is 5.92 Å². The van der Waals surface area contributed by atoms with Crippen LogP contribution >= 0.6 is 0 Å². The number of nitrogens with zero attached hydrogens (tertiary/aromatic N) is 2. The average molecular weight is 447 g/mol. The SMILES string of the molecule is CC(C)[C@H](NC(=O)COc1ccc2ccccc2c1)C(=O)N/N=C\c1ccc(N(C)C)cc1. The zero-order valence-corrected chi connectivity index (χ0v) is 19.4. The van der Waals surface area contributed by atoms with Crippen molar-refractivity contribution < 1.29 is 14.3 Å². The Morgan fingerprint density at radius 2 is 1.70 bits per heavy atom. The Morgan fingerprint density at radius 1 is 1.00 bits per heavy atom. The molecule has 3 aromatic rings. The largest absolute Gasteiger partial charge is 0.484 e. The van der Waals surface area contributed by atoms with Gasteiger partial charge in [0.25, 0.3) is 11.8 Å². The van der Waals surface area contributed by atoms with Gasteiger partial charge in [0, 0.05) is 19.8 Å². The van der Waals surface area contributed by atoms with Crippen molar-refractivity contribution in [3.05, 3.63) is 72.3 Å². The molecule has 0 aromatic heterocycles. The summed E-state index contributed by atoms with van der Waals surface area (Å²) in [5, 5.41) is 8.89. The molecule has 0 heterocycles. The number of hydrogen-bond acceptors (Lipinski definition) is 5. The molecule has 0 aliphatic rings. The third kappa shape index (κ3) is 6.80. The molecule has 7 heteroatoms. The molecule has 3 rings (SSSR count). The Labute approximate surface area is 194 Å². The van der Waals surface area contributed by atoms with Crippen molar-refractivity contribution in [2.75, 3.05) is 25.6 Å². The van der Waals surface area contributed by atoms with E-state index >= 15 is 0 Å². The Bertz CT molecular complexity index is 1120. The monoisotopic (exact) mass is 446 g/mol. The molecular weight excluding hydrogens is 416 g/mol. The summed E-state index contributed by atoms with van der Waals surface area (Å²) in [4.78, 5) is 27.0. The molecule has 172 valence electrons. The van der Waals surface area contributed by atoms with Gasteiger partial charge in [-0.05, 0) is 46.5 Å². The van der Waals surface area contributed by atoms with Crippen LogP contribution in [0.3, 0.4) is 0 Å². The molecule has 0 spiro atoms. The van der Waals surface area contributed by atoms with Gasteiger partial charge in [-0.1, -0.05) is 56.3 Å². The second kappa shape index (κ2) is 11.1. The first-order valence-electron chi connectivity index (χ1n) is 10.8. The minimum Gasteiger partial charge on any atom is -0.484 e. The van der Waals surface area contributed by atoms with Gasteiger partial charge in [0.1, 0.15) is 11.8 Å². The van der Waals surface area contributed by atoms with Crippen molar-refractivity contribution in [3.8, 4) is 5.75 Å². The van der Waals surface area contributed by atoms with Gasteiger partial charge in [-0.2, -0.15) is 5.10 Å². The second-order valence-electron chi connectivity index (χ2n) is 8.31. The van der Waals surface area contributed by atoms with Crippen LogP contribution in [0.2, 0.25) is 0 Å². The summed E-state index contributed by atoms with van der Waals surface area (Å²) in [6.07, 6.45) is 1.57. The molecule has 0 saturated carbocycles. The van der Waals surface area contributed by atoms with Gasteiger partial charge in [-0.3, -0.25) is 9.59 Å². The fourth-order valence-electron chi connectivity index (χ4n) is 3.25. The lowest BCUT2D eigenvalue weighted by atomic mass is 10.0. The maximum absolute atomic E-state index is 12.6. The van der Waals surface area contributed by atoms with Crippen molar-refractivity contribution in [3.63, 3.8) is 0 Å². The van der Waals surface area contributed by atoms with Gasteiger partial charge in [0.2, 0.25) is 0 Å². The van der Waals surface area contributed by atoms with Crippen molar-refractivity contribution in [1.82, 2.24) is 10.7 Å². The average Bonchev–Trinajstić information content (AvgIpc) is 2.81. The normalized spacial score (nSPS) is 12.0. The van der Waals surface area contributed by atoms with Crippen molar-refractivity contribution >= 4 is 34.5 Å². The molecular formula is C26H30N4O3. The van der Waals surface area contributed by atoms with Crippen LogP contribution in [-0.4, -0.2) is 44.8 Å². The summed E-state index contributed by atoms with van der Waals surface area (Å²) < 4.78 is 5.62. The highest BCUT2D eigenvalue weighted by Crippen LogP contribution is 2.20. The quantitative estimate of drug-likeness (QED) is 0.389. The lowest BCUT2D eigenvalue weighted by Gasteiger charge is -2.20. The minimum absolute atomic E-state index is 0.121. The second-order valence-corrected chi connectivity index (χ2v) is 8.31. The van der Waals surface area contributed by atoms with E-state index in [1.54, 1.807) is 6.21 Å². The topological polar surface area (TPSA) is 83.0 Å². The number of hydrazone groups is 1. The smallest absolute Gasteiger partial charge is 0.262 e. The zero-order chi connectivity index (χ0) is 23.8. The number of amides is 2. The summed E-state index contributed by atoms with van der Waals surface area (Å²) in [6.45, 7) is 3.53. The molecule has 1 atom stereocenters. The van der Waals surface area contributed by atoms with Crippen LogP contribution in [0.25, 0.3) is 10.8 Å². The predicted octanol–water partition coefficient (Wildman–Crippen LogP) is 3.58. The van der Waals surface area contributed by atoms with Crippen molar-refractivity contribution in [1.29, 1.82) is 0 Å². The standard InChI is InChI=1S/C26H30N4O3/c1-18(2)25(26(32)29-27-16-19-9-12-22(13-10-19)30(3)4)28-24(31)17-33-23-14-11-20-7-5-6-8-21(20)15-23/h5-16,18,25H,17H2,1-4H3,(H,28,31)(H,29,32)/b27-16-/t25-/m0/s1. The highest BCUT2D eigenvalue weighted by Gasteiger charge is 2.24. The van der Waals surface area contributed by atoms with Crippen LogP contribution in [-0.2, 0) is 9.59 Å². The van der Waals surface area contributed by atoms with Gasteiger partial charge in [0.05, 0.1) is 6.21 Å². The van der Waals surface area contributed by atoms with Gasteiger partial charge in [-0.25, -0.2) is 5.43 Å². The molecule has 0 fully saturated rings. The first kappa shape index (κ1) is 23.8. The van der Waals surface area contributed by atoms with E-state index in [0.29, 0.717) is 5.75 Å². The van der Waals surface area contributed by atoms with Crippen LogP contribution in [0.5, 0.6) is 5.75 Å². The summed E-state index contributed by atoms with van der Waals surface area (Å²) in [5.74, 6) is -0.283. The number of hydrogen-bond donors (Lipinski definition) is 2. The number of nitrogens with one attached hydrogen (secondary N) is 2. The Morgan fingerprint density at radius 3 is 2.36 bits per heavy atom. The van der Waals surface area contributed by atoms with E-state index < -0.39 is 6.04 Å². The Balaban J connectivity index is 1.52. The molecule has 7 nitrogen and oxygen atoms in total. The number of rotatable bonds is 9. The van der Waals surface area contributed by atoms with Gasteiger partial charge in [0.15, 0.2) is 6.61 Å². The summed E-state index contributed by atoms with van der Waals surface area (Å²) in [5.41, 5.74) is 4.44. The number of anilines is 1. The third-order valence-corrected chi connectivity index (χ3v) is 5.15. The molecule has 0 saturated heterocycles. The Hall–Kier alpha value is -3.87. The van der Waals surface area contributed by atoms with E-state index in [1.807, 2.05) is 99.6 Å². The van der Waals surface area contributed by atoms with Crippen molar-refractivity contribution in [2.24, 2.45) is 11.0 Å². The molecule has 33 heavy (non-hydrogen) atoms. The maximum atomic E-state index is 12.6. The van der Waals surface area contributed by atoms with Gasteiger partial charge < -0.3 is 15.0 Å². The number of ether oxygens (including phenoxy) is 1. The molecule has 0 aliphatic carbocycles. The van der Waals surface area contributed by atoms with E-state index in [4.69, 9.17) is 4.74 Å². The molecule has 0 aliphatic heterocycles. The highest BCUT2D eigenvalue weighted by atomic mass is 16.5. The molecule has 3 aromatic carbocycles. The van der Waals surface area contributed by atoms with Gasteiger partial charge >= 0.3 is 0 Å². The number of fused-ring (bicyclic) bond motifs is 1. The van der Waals surface area contributed by atoms with Crippen molar-refractivity contribution in [2.45, 2.75) is 19.9 Å². The lowest BCUT2D eigenvalue weighted by Crippen LogP contribution is -2.49. The van der Waals surface area contributed by atoms with Crippen LogP contribution in [0.15, 0.2) is 71.8 Å². The van der Waals surface area contributed by atoms with Crippen LogP contribution in [0.1, 0.15) is 19.4 Å². The summed E-state index contributed by atoms with van der Waals surface area (Å²) >= 11 is 0. The van der Waals surface area contributed by atoms with E-state index in [2.05, 4.69) is 15.8 Å². The molecule has 0 bridgehead atoms. The lowest BCUT2D eigenvalue weighted by molar-refractivity contribution is -0.131. The van der Waals surface area contributed by atoms with Crippen LogP contribution in [0.4, 0.5) is 5.69 Å². The van der Waals surface area contributed by atoms with Gasteiger partial charge in [-0.15, -0.1) is 0 Å². The number of benzene rings is 3. The first-order valence-corrected chi connectivity index (χ1v) is 10.8. The fourth-order valence-corrected chi connectivity index (χ4v) is 3.25. The van der Waals surface area contributed by atoms with E-state index in [1.165, 1.54) is 0 Å². The third-order valence-electron chi connectivity index (χ3n) is 5.15. The minimum atomic E-state index is -0.731. The Kier molecular flexibility index (Phi) is 8.02. The van der Waals surface area contributed by atoms with Crippen LogP contribution < -0.4 is 20.4 Å². The molecule has 2 amide bonds. The van der Waals surface area contributed by atoms with E-state index in [0.717, 1.165) is 22.0 Å². The fraction of sp³-hybridized carbons (Fsp3) is 0.269. The zero-order valence-electron chi connectivity index (χ0n) is 19.4. The number of carbonyl (C=O) groups is 2. The van der Waals surface area contributed by atoms with E-state index in [-0.39, 0.29) is 24.3 Å². The summed E-state index contributed by atoms with van der Waals surface area (Å²) in [6, 6.07) is 20.6.